The van der Waals surface area contributed by atoms with Crippen LogP contribution in [0, 0.1) is 0 Å². The van der Waals surface area contributed by atoms with Crippen LogP contribution in [0.5, 0.6) is 0 Å². The molecule has 3 amide bonds. The summed E-state index contributed by atoms with van der Waals surface area (Å²) in [6.07, 6.45) is 8.33. The number of carbonyl (C=O) groups excluding carboxylic acids is 3. The van der Waals surface area contributed by atoms with Crippen LogP contribution < -0.4 is 20.9 Å². The molecule has 2 aliphatic heterocycles. The van der Waals surface area contributed by atoms with Crippen LogP contribution in [0.2, 0.25) is 0 Å². The number of carboxylic acid groups (broad SMARTS) is 1. The number of anilines is 2. The van der Waals surface area contributed by atoms with Gasteiger partial charge < -0.3 is 21.0 Å². The molecule has 5 heterocycles. The van der Waals surface area contributed by atoms with Crippen molar-refractivity contribution in [3.63, 3.8) is 0 Å². The largest absolute Gasteiger partial charge is 0.477 e. The smallest absolute Gasteiger partial charge is 0.352 e. The van der Waals surface area contributed by atoms with E-state index in [1.54, 1.807) is 29.1 Å². The van der Waals surface area contributed by atoms with Crippen molar-refractivity contribution in [2.45, 2.75) is 56.2 Å². The Balaban J connectivity index is 1.22. The summed E-state index contributed by atoms with van der Waals surface area (Å²) in [7, 11) is 0. The summed E-state index contributed by atoms with van der Waals surface area (Å²) >= 11 is 2.23. The quantitative estimate of drug-likeness (QED) is 0.0779. The first-order valence-electron chi connectivity index (χ1n) is 13.5. The molecule has 1 aliphatic carbocycles. The van der Waals surface area contributed by atoms with Gasteiger partial charge in [-0.15, -0.1) is 11.8 Å². The topological polar surface area (TPSA) is 210 Å². The van der Waals surface area contributed by atoms with Gasteiger partial charge in [-0.25, -0.2) is 9.36 Å². The first-order valence-corrected chi connectivity index (χ1v) is 15.3. The fraction of sp³-hybridized carbons (Fsp3) is 0.400. The van der Waals surface area contributed by atoms with E-state index in [1.807, 2.05) is 0 Å². The van der Waals surface area contributed by atoms with Gasteiger partial charge in [-0.3, -0.25) is 24.6 Å². The van der Waals surface area contributed by atoms with E-state index in [-0.39, 0.29) is 40.8 Å². The van der Waals surface area contributed by atoms with Crippen molar-refractivity contribution < 1.29 is 33.7 Å². The summed E-state index contributed by atoms with van der Waals surface area (Å²) in [6.45, 7) is 0.129. The van der Waals surface area contributed by atoms with Crippen LogP contribution in [-0.4, -0.2) is 82.2 Å². The number of nitrogens with one attached hydrogen (secondary N) is 2. The number of carboxylic acids is 1. The fourth-order valence-electron chi connectivity index (χ4n) is 5.35. The Bertz CT molecular complexity index is 1660. The van der Waals surface area contributed by atoms with Gasteiger partial charge in [-0.2, -0.15) is 9.36 Å². The van der Waals surface area contributed by atoms with Gasteiger partial charge in [0, 0.05) is 28.9 Å². The number of amides is 3. The van der Waals surface area contributed by atoms with Gasteiger partial charge in [0.2, 0.25) is 17.9 Å². The van der Waals surface area contributed by atoms with Crippen LogP contribution in [0.25, 0.3) is 5.65 Å². The predicted octanol–water partition coefficient (Wildman–Crippen LogP) is 0.116. The molecule has 0 unspecified atom stereocenters. The van der Waals surface area contributed by atoms with Crippen molar-refractivity contribution >= 4 is 69.8 Å². The number of fused-ring (bicyclic) bond motifs is 2. The molecule has 224 valence electrons. The van der Waals surface area contributed by atoms with Crippen molar-refractivity contribution in [2.24, 2.45) is 5.16 Å². The molecule has 2 fully saturated rings. The highest BCUT2D eigenvalue weighted by Crippen LogP contribution is 2.40. The summed E-state index contributed by atoms with van der Waals surface area (Å²) in [5.74, 6) is -1.91. The lowest BCUT2D eigenvalue weighted by atomic mass is 9.98. The molecule has 2 atom stereocenters. The second kappa shape index (κ2) is 12.0. The molecule has 0 bridgehead atoms. The summed E-state index contributed by atoms with van der Waals surface area (Å²) in [5, 5.41) is 23.2. The van der Waals surface area contributed by atoms with Crippen LogP contribution in [0.15, 0.2) is 41.0 Å². The zero-order valence-corrected chi connectivity index (χ0v) is 24.2. The molecule has 18 heteroatoms. The predicted molar refractivity (Wildman–Crippen MR) is 154 cm³/mol. The number of oxime groups is 1. The van der Waals surface area contributed by atoms with Gasteiger partial charge in [0.1, 0.15) is 29.8 Å². The number of nitrogens with zero attached hydrogens (tertiary/aromatic N) is 7. The maximum absolute atomic E-state index is 13.4. The first-order chi connectivity index (χ1) is 20.9. The zero-order valence-electron chi connectivity index (χ0n) is 22.6. The molecule has 1 saturated carbocycles. The summed E-state index contributed by atoms with van der Waals surface area (Å²) in [4.78, 5) is 61.1. The lowest BCUT2D eigenvalue weighted by Gasteiger charge is -2.49. The Kier molecular flexibility index (Phi) is 7.94. The summed E-state index contributed by atoms with van der Waals surface area (Å²) < 4.78 is 7.34. The van der Waals surface area contributed by atoms with Crippen LogP contribution in [0.1, 0.15) is 37.9 Å². The average molecular weight is 628 g/mol. The molecule has 5 N–H and O–H groups in total. The number of thioether (sulfide) groups is 1. The highest BCUT2D eigenvalue weighted by Gasteiger charge is 2.54. The maximum atomic E-state index is 13.4. The number of β-lactam (4-membered cyclic amide) rings is 1. The highest BCUT2D eigenvalue weighted by molar-refractivity contribution is 8.00. The van der Waals surface area contributed by atoms with Gasteiger partial charge >= 0.3 is 11.6 Å². The number of aromatic nitrogens is 5. The number of nitrogen functional groups attached to an aromatic ring is 1. The Morgan fingerprint density at radius 3 is 2.84 bits per heavy atom. The Hall–Kier alpha value is -4.58. The van der Waals surface area contributed by atoms with E-state index in [4.69, 9.17) is 10.6 Å². The van der Waals surface area contributed by atoms with E-state index in [1.165, 1.54) is 21.2 Å². The molecular weight excluding hydrogens is 600 g/mol. The van der Waals surface area contributed by atoms with E-state index >= 15 is 0 Å². The van der Waals surface area contributed by atoms with E-state index in [0.29, 0.717) is 23.4 Å². The SMILES string of the molecule is Nc1nc(/C(=N/OC2CCCCC2)C(=O)N[C@@H]2C(=O)N3C(C(=O)O)=C(C[n+]4cc(NC=O)n5ncccc54)CS[C@H]23)ns1. The van der Waals surface area contributed by atoms with Gasteiger partial charge in [-0.05, 0) is 31.7 Å². The van der Waals surface area contributed by atoms with Crippen LogP contribution in [0.3, 0.4) is 0 Å². The van der Waals surface area contributed by atoms with Crippen LogP contribution >= 0.6 is 23.3 Å². The third-order valence-corrected chi connectivity index (χ3v) is 9.23. The molecule has 43 heavy (non-hydrogen) atoms. The minimum atomic E-state index is -1.27. The lowest BCUT2D eigenvalue weighted by Crippen LogP contribution is -2.71. The van der Waals surface area contributed by atoms with Crippen LogP contribution in [0.4, 0.5) is 10.9 Å². The van der Waals surface area contributed by atoms with E-state index in [9.17, 15) is 24.3 Å². The third-order valence-electron chi connectivity index (χ3n) is 7.35. The Morgan fingerprint density at radius 1 is 1.30 bits per heavy atom. The highest BCUT2D eigenvalue weighted by atomic mass is 32.2. The van der Waals surface area contributed by atoms with Gasteiger partial charge in [0.15, 0.2) is 11.3 Å². The first kappa shape index (κ1) is 28.5. The van der Waals surface area contributed by atoms with Crippen molar-refractivity contribution in [1.29, 1.82) is 0 Å². The number of hydrogen-bond acceptors (Lipinski definition) is 12. The lowest BCUT2D eigenvalue weighted by molar-refractivity contribution is -0.662. The molecule has 0 aromatic carbocycles. The van der Waals surface area contributed by atoms with E-state index in [0.717, 1.165) is 43.6 Å². The van der Waals surface area contributed by atoms with Gasteiger partial charge in [0.25, 0.3) is 17.6 Å². The summed E-state index contributed by atoms with van der Waals surface area (Å²) in [6, 6.07) is 2.49. The Labute approximate surface area is 252 Å². The van der Waals surface area contributed by atoms with E-state index in [2.05, 4.69) is 30.2 Å². The molecule has 16 nitrogen and oxygen atoms in total. The number of aliphatic carboxylic acids is 1. The molecule has 3 aromatic rings. The third kappa shape index (κ3) is 5.50. The molecule has 6 rings (SSSR count). The summed E-state index contributed by atoms with van der Waals surface area (Å²) in [5.41, 5.74) is 6.47. The standard InChI is InChI=1S/C25H26N10O6S2/c26-25-30-20(32-43-25)17(31-41-14-5-2-1-3-6-14)21(37)29-18-22(38)34-19(24(39)40)13(11-42-23(18)34)9-33-10-15(27-12-36)35-16(33)7-4-8-28-35/h4,7-8,10,12,14,18,23H,1-3,5-6,9,11H2,(H4-,26,27,28,29,30,32,36,37,39,40)/p+1/b31-17-/t18-,23-/m1/s1. The molecular formula is C25H27N10O6S2+. The monoisotopic (exact) mass is 627 g/mol. The second-order valence-electron chi connectivity index (χ2n) is 10.1. The van der Waals surface area contributed by atoms with E-state index < -0.39 is 29.2 Å². The molecule has 0 radical (unpaired) electrons. The Morgan fingerprint density at radius 2 is 2.12 bits per heavy atom. The number of rotatable bonds is 10. The van der Waals surface area contributed by atoms with Crippen molar-refractivity contribution in [3.05, 3.63) is 41.6 Å². The van der Waals surface area contributed by atoms with Gasteiger partial charge in [0.05, 0.1) is 6.20 Å². The minimum Gasteiger partial charge on any atom is -0.477 e. The molecule has 0 spiro atoms. The molecule has 1 saturated heterocycles. The van der Waals surface area contributed by atoms with Crippen molar-refractivity contribution in [1.82, 2.24) is 29.2 Å². The van der Waals surface area contributed by atoms with Crippen molar-refractivity contribution in [2.75, 3.05) is 16.8 Å². The minimum absolute atomic E-state index is 0.0149. The molecule has 3 aromatic heterocycles. The van der Waals surface area contributed by atoms with Crippen LogP contribution in [-0.2, 0) is 30.6 Å². The van der Waals surface area contributed by atoms with Gasteiger partial charge in [-0.1, -0.05) is 21.2 Å². The number of nitrogens with two attached hydrogens (primary N) is 1. The average Bonchev–Trinajstić information content (AvgIpc) is 3.59. The van der Waals surface area contributed by atoms with Crippen molar-refractivity contribution in [3.8, 4) is 0 Å². The fourth-order valence-corrected chi connectivity index (χ4v) is 7.12. The zero-order chi connectivity index (χ0) is 30.1. The molecule has 3 aliphatic rings. The number of hydrogen-bond donors (Lipinski definition) is 4. The second-order valence-corrected chi connectivity index (χ2v) is 12.0. The number of imidazole rings is 1. The number of carbonyl (C=O) groups is 4. The maximum Gasteiger partial charge on any atom is 0.352 e. The normalized spacial score (nSPS) is 20.9.